The molecule has 2 aromatic carbocycles. The Balaban J connectivity index is 1.31. The summed E-state index contributed by atoms with van der Waals surface area (Å²) in [5, 5.41) is 0. The molecule has 10 heteroatoms. The maximum Gasteiger partial charge on any atom is 0.411 e. The fourth-order valence-corrected chi connectivity index (χ4v) is 6.58. The van der Waals surface area contributed by atoms with Gasteiger partial charge in [0.2, 0.25) is 5.91 Å². The first kappa shape index (κ1) is 32.7. The number of benzene rings is 2. The molecule has 2 aromatic rings. The van der Waals surface area contributed by atoms with Crippen LogP contribution in [0.4, 0.5) is 18.4 Å². The van der Waals surface area contributed by atoms with E-state index in [0.29, 0.717) is 43.7 Å². The van der Waals surface area contributed by atoms with Crippen molar-refractivity contribution < 1.29 is 32.6 Å². The molecule has 3 fully saturated rings. The summed E-state index contributed by atoms with van der Waals surface area (Å²) < 4.78 is 41.0. The molecule has 2 aliphatic heterocycles. The molecule has 244 valence electrons. The van der Waals surface area contributed by atoms with Crippen LogP contribution in [-0.2, 0) is 20.7 Å². The Morgan fingerprint density at radius 3 is 2.18 bits per heavy atom. The Hall–Kier alpha value is -3.69. The zero-order valence-corrected chi connectivity index (χ0v) is 27.2. The lowest BCUT2D eigenvalue weighted by molar-refractivity contribution is -0.131. The van der Waals surface area contributed by atoms with Crippen LogP contribution in [0.25, 0.3) is 0 Å². The molecule has 1 spiro atoms. The van der Waals surface area contributed by atoms with E-state index in [-0.39, 0.29) is 36.3 Å². The number of likely N-dealkylation sites (tertiary alicyclic amines) is 2. The van der Waals surface area contributed by atoms with Crippen LogP contribution in [0.1, 0.15) is 83.4 Å². The van der Waals surface area contributed by atoms with Crippen LogP contribution in [-0.4, -0.2) is 82.8 Å². The minimum atomic E-state index is -0.793. The van der Waals surface area contributed by atoms with Crippen LogP contribution in [0.5, 0.6) is 0 Å². The average molecular weight is 626 g/mol. The Labute approximate surface area is 264 Å². The van der Waals surface area contributed by atoms with Gasteiger partial charge in [-0.2, -0.15) is 0 Å². The molecule has 0 bridgehead atoms. The molecular weight excluding hydrogens is 580 g/mol. The van der Waals surface area contributed by atoms with Gasteiger partial charge in [0.1, 0.15) is 29.4 Å². The lowest BCUT2D eigenvalue weighted by Gasteiger charge is -2.30. The summed E-state index contributed by atoms with van der Waals surface area (Å²) >= 11 is 0. The fourth-order valence-electron chi connectivity index (χ4n) is 6.58. The third-order valence-electron chi connectivity index (χ3n) is 8.79. The first-order valence-corrected chi connectivity index (χ1v) is 15.8. The highest BCUT2D eigenvalue weighted by molar-refractivity contribution is 5.83. The Bertz CT molecular complexity index is 1440. The molecular formula is C35H45F2N3O5. The van der Waals surface area contributed by atoms with Gasteiger partial charge in [0.05, 0.1) is 0 Å². The molecule has 1 aliphatic carbocycles. The van der Waals surface area contributed by atoms with Gasteiger partial charge in [-0.3, -0.25) is 9.69 Å². The van der Waals surface area contributed by atoms with Crippen molar-refractivity contribution >= 4 is 18.1 Å². The number of hydrogen-bond acceptors (Lipinski definition) is 5. The van der Waals surface area contributed by atoms with Crippen molar-refractivity contribution in [1.82, 2.24) is 14.7 Å². The van der Waals surface area contributed by atoms with Crippen molar-refractivity contribution in [3.8, 4) is 0 Å². The second-order valence-electron chi connectivity index (χ2n) is 14.9. The number of carbonyl (C=O) groups is 3. The molecule has 0 radical (unpaired) electrons. The first-order valence-electron chi connectivity index (χ1n) is 15.8. The van der Waals surface area contributed by atoms with E-state index in [9.17, 15) is 18.8 Å². The van der Waals surface area contributed by atoms with Crippen molar-refractivity contribution in [3.63, 3.8) is 0 Å². The summed E-state index contributed by atoms with van der Waals surface area (Å²) in [6.45, 7) is 12.7. The fraction of sp³-hybridized carbons (Fsp3) is 0.571. The van der Waals surface area contributed by atoms with E-state index in [2.05, 4.69) is 0 Å². The highest BCUT2D eigenvalue weighted by atomic mass is 19.1. The first-order chi connectivity index (χ1) is 21.0. The number of ether oxygens (including phenoxy) is 2. The van der Waals surface area contributed by atoms with E-state index in [0.717, 1.165) is 24.5 Å². The zero-order chi connectivity index (χ0) is 32.7. The molecule has 45 heavy (non-hydrogen) atoms. The van der Waals surface area contributed by atoms with Gasteiger partial charge in [-0.15, -0.1) is 0 Å². The standard InChI is InChI=1S/C35H45F2N3O5/c1-33(2,3)44-31(42)39-15-13-35(22-39)12-14-38(21-35)30(41)20-40(32(43)45-34(4,5)6)29-19-27(29)25-17-24(36)18-28(37)26(25)16-23-10-8-7-9-11-23/h7-11,17-18,27,29H,12-16,19-22H2,1-6H3/t27-,29+,35?/m0/s1. The second-order valence-corrected chi connectivity index (χ2v) is 14.9. The molecule has 1 saturated carbocycles. The largest absolute Gasteiger partial charge is 0.444 e. The van der Waals surface area contributed by atoms with Crippen molar-refractivity contribution in [2.24, 2.45) is 5.41 Å². The van der Waals surface area contributed by atoms with Gasteiger partial charge in [0, 0.05) is 56.0 Å². The van der Waals surface area contributed by atoms with E-state index >= 15 is 4.39 Å². The maximum atomic E-state index is 15.2. The van der Waals surface area contributed by atoms with Crippen LogP contribution in [0.3, 0.4) is 0 Å². The Morgan fingerprint density at radius 2 is 1.53 bits per heavy atom. The lowest BCUT2D eigenvalue weighted by Crippen LogP contribution is -2.46. The summed E-state index contributed by atoms with van der Waals surface area (Å²) in [6, 6.07) is 11.2. The zero-order valence-electron chi connectivity index (χ0n) is 27.2. The average Bonchev–Trinajstić information content (AvgIpc) is 3.41. The molecule has 0 aromatic heterocycles. The lowest BCUT2D eigenvalue weighted by atomic mass is 9.86. The topological polar surface area (TPSA) is 79.4 Å². The van der Waals surface area contributed by atoms with Crippen LogP contribution in [0.2, 0.25) is 0 Å². The van der Waals surface area contributed by atoms with Crippen molar-refractivity contribution in [1.29, 1.82) is 0 Å². The molecule has 0 N–H and O–H groups in total. The Morgan fingerprint density at radius 1 is 0.911 bits per heavy atom. The van der Waals surface area contributed by atoms with Crippen molar-refractivity contribution in [3.05, 3.63) is 70.8 Å². The number of carbonyl (C=O) groups excluding carboxylic acids is 3. The van der Waals surface area contributed by atoms with Gasteiger partial charge in [-0.1, -0.05) is 30.3 Å². The number of halogens is 2. The van der Waals surface area contributed by atoms with Crippen LogP contribution < -0.4 is 0 Å². The van der Waals surface area contributed by atoms with Gasteiger partial charge in [-0.25, -0.2) is 18.4 Å². The minimum Gasteiger partial charge on any atom is -0.444 e. The van der Waals surface area contributed by atoms with E-state index in [4.69, 9.17) is 9.47 Å². The van der Waals surface area contributed by atoms with Crippen molar-refractivity contribution in [2.45, 2.75) is 90.4 Å². The van der Waals surface area contributed by atoms with Gasteiger partial charge in [0.25, 0.3) is 0 Å². The summed E-state index contributed by atoms with van der Waals surface area (Å²) in [5.74, 6) is -1.85. The predicted molar refractivity (Wildman–Crippen MR) is 166 cm³/mol. The highest BCUT2D eigenvalue weighted by Gasteiger charge is 2.50. The van der Waals surface area contributed by atoms with E-state index in [1.165, 1.54) is 11.0 Å². The van der Waals surface area contributed by atoms with Gasteiger partial charge >= 0.3 is 12.2 Å². The normalized spacial score (nSPS) is 22.9. The van der Waals surface area contributed by atoms with Crippen LogP contribution >= 0.6 is 0 Å². The highest BCUT2D eigenvalue weighted by Crippen LogP contribution is 2.48. The van der Waals surface area contributed by atoms with E-state index in [1.54, 1.807) is 30.6 Å². The monoisotopic (exact) mass is 625 g/mol. The van der Waals surface area contributed by atoms with Crippen LogP contribution in [0.15, 0.2) is 42.5 Å². The SMILES string of the molecule is CC(C)(C)OC(=O)N1CCC2(CCN(C(=O)CN(C(=O)OC(C)(C)C)[C@@H]3C[C@H]3c3cc(F)cc(F)c3Cc3ccccc3)C2)C1. The molecule has 8 nitrogen and oxygen atoms in total. The molecule has 3 aliphatic rings. The van der Waals surface area contributed by atoms with Gasteiger partial charge in [0.15, 0.2) is 0 Å². The molecule has 5 rings (SSSR count). The van der Waals surface area contributed by atoms with Gasteiger partial charge < -0.3 is 19.3 Å². The van der Waals surface area contributed by atoms with E-state index in [1.807, 2.05) is 51.1 Å². The summed E-state index contributed by atoms with van der Waals surface area (Å²) in [5.41, 5.74) is 0.199. The quantitative estimate of drug-likeness (QED) is 0.366. The number of hydrogen-bond donors (Lipinski definition) is 0. The summed E-state index contributed by atoms with van der Waals surface area (Å²) in [4.78, 5) is 44.8. The maximum absolute atomic E-state index is 15.2. The molecule has 3 amide bonds. The number of nitrogens with zero attached hydrogens (tertiary/aromatic N) is 3. The predicted octanol–water partition coefficient (Wildman–Crippen LogP) is 6.51. The molecule has 3 atom stereocenters. The molecule has 2 saturated heterocycles. The summed E-state index contributed by atoms with van der Waals surface area (Å²) in [6.07, 6.45) is 1.29. The minimum absolute atomic E-state index is 0.201. The van der Waals surface area contributed by atoms with Gasteiger partial charge in [-0.05, 0) is 83.6 Å². The van der Waals surface area contributed by atoms with Crippen LogP contribution in [0, 0.1) is 17.0 Å². The summed E-state index contributed by atoms with van der Waals surface area (Å²) in [7, 11) is 0. The Kier molecular flexibility index (Phi) is 8.90. The molecule has 1 unspecified atom stereocenters. The van der Waals surface area contributed by atoms with Crippen molar-refractivity contribution in [2.75, 3.05) is 32.7 Å². The third-order valence-corrected chi connectivity index (χ3v) is 8.79. The molecule has 2 heterocycles. The number of rotatable bonds is 6. The smallest absolute Gasteiger partial charge is 0.411 e. The second kappa shape index (κ2) is 12.2. The van der Waals surface area contributed by atoms with E-state index < -0.39 is 35.0 Å². The number of amides is 3. The third kappa shape index (κ3) is 7.94.